The molecule has 108 valence electrons. The molecule has 5 heteroatoms. The minimum Gasteiger partial charge on any atom is -0.341 e. The van der Waals surface area contributed by atoms with Crippen LogP contribution >= 0.6 is 11.6 Å². The number of para-hydroxylation sites is 1. The van der Waals surface area contributed by atoms with Crippen LogP contribution in [0.25, 0.3) is 10.9 Å². The maximum atomic E-state index is 11.3. The Hall–Kier alpha value is -2.07. The molecule has 0 radical (unpaired) electrons. The molecule has 0 N–H and O–H groups in total. The smallest absolute Gasteiger partial charge is 0.152 e. The number of aromatic nitrogens is 3. The fourth-order valence-electron chi connectivity index (χ4n) is 2.67. The zero-order valence-electron chi connectivity index (χ0n) is 12.0. The Labute approximate surface area is 127 Å². The van der Waals surface area contributed by atoms with Gasteiger partial charge < -0.3 is 4.57 Å². The first-order chi connectivity index (χ1) is 10.2. The van der Waals surface area contributed by atoms with E-state index in [0.29, 0.717) is 17.1 Å². The second kappa shape index (κ2) is 5.37. The molecule has 0 aliphatic carbocycles. The third-order valence-electron chi connectivity index (χ3n) is 3.77. The predicted octanol–water partition coefficient (Wildman–Crippen LogP) is 3.45. The van der Waals surface area contributed by atoms with E-state index in [0.717, 1.165) is 35.0 Å². The first-order valence-corrected chi connectivity index (χ1v) is 7.26. The molecule has 2 heterocycles. The van der Waals surface area contributed by atoms with Crippen molar-refractivity contribution in [3.8, 4) is 0 Å². The lowest BCUT2D eigenvalue weighted by atomic mass is 10.1. The largest absolute Gasteiger partial charge is 0.341 e. The summed E-state index contributed by atoms with van der Waals surface area (Å²) < 4.78 is 3.86. The number of nitrogens with zero attached hydrogens (tertiary/aromatic N) is 3. The third-order valence-corrected chi connectivity index (χ3v) is 4.21. The number of fused-ring (bicyclic) bond motifs is 1. The van der Waals surface area contributed by atoms with Gasteiger partial charge in [-0.05, 0) is 18.6 Å². The van der Waals surface area contributed by atoms with Crippen molar-refractivity contribution in [3.05, 3.63) is 52.4 Å². The number of hydrogen-bond donors (Lipinski definition) is 0. The highest BCUT2D eigenvalue weighted by Crippen LogP contribution is 2.25. The number of carbonyl (C=O) groups is 1. The van der Waals surface area contributed by atoms with Gasteiger partial charge in [0.05, 0.1) is 28.5 Å². The molecule has 2 aromatic heterocycles. The molecule has 0 spiro atoms. The molecule has 0 aliphatic rings. The van der Waals surface area contributed by atoms with E-state index in [9.17, 15) is 4.79 Å². The van der Waals surface area contributed by atoms with Crippen molar-refractivity contribution < 1.29 is 4.79 Å². The van der Waals surface area contributed by atoms with Crippen LogP contribution in [0.4, 0.5) is 0 Å². The lowest BCUT2D eigenvalue weighted by molar-refractivity contribution is 0.112. The summed E-state index contributed by atoms with van der Waals surface area (Å²) in [7, 11) is 1.90. The van der Waals surface area contributed by atoms with Gasteiger partial charge in [-0.25, -0.2) is 0 Å². The number of benzene rings is 1. The van der Waals surface area contributed by atoms with E-state index in [1.165, 1.54) is 0 Å². The second-order valence-corrected chi connectivity index (χ2v) is 5.41. The summed E-state index contributed by atoms with van der Waals surface area (Å²) >= 11 is 6.41. The van der Waals surface area contributed by atoms with E-state index < -0.39 is 0 Å². The molecule has 0 saturated heterocycles. The number of aldehydes is 1. The molecular formula is C16H16ClN3O. The van der Waals surface area contributed by atoms with E-state index >= 15 is 0 Å². The van der Waals surface area contributed by atoms with Crippen LogP contribution in [0.3, 0.4) is 0 Å². The lowest BCUT2D eigenvalue weighted by Crippen LogP contribution is -2.06. The molecule has 1 aromatic carbocycles. The minimum absolute atomic E-state index is 0.594. The van der Waals surface area contributed by atoms with Crippen molar-refractivity contribution in [3.63, 3.8) is 0 Å². The molecule has 0 saturated carbocycles. The molecule has 3 aromatic rings. The number of hydrogen-bond acceptors (Lipinski definition) is 2. The van der Waals surface area contributed by atoms with Gasteiger partial charge in [0, 0.05) is 24.2 Å². The first-order valence-electron chi connectivity index (χ1n) is 6.89. The fourth-order valence-corrected chi connectivity index (χ4v) is 3.02. The predicted molar refractivity (Wildman–Crippen MR) is 84.0 cm³/mol. The van der Waals surface area contributed by atoms with Gasteiger partial charge in [-0.1, -0.05) is 30.7 Å². The highest BCUT2D eigenvalue weighted by molar-refractivity contribution is 6.31. The van der Waals surface area contributed by atoms with Crippen LogP contribution in [0, 0.1) is 0 Å². The van der Waals surface area contributed by atoms with Crippen molar-refractivity contribution in [2.45, 2.75) is 19.9 Å². The number of halogens is 1. The summed E-state index contributed by atoms with van der Waals surface area (Å²) in [6.45, 7) is 2.63. The van der Waals surface area contributed by atoms with E-state index in [1.54, 1.807) is 0 Å². The minimum atomic E-state index is 0.594. The molecule has 4 nitrogen and oxygen atoms in total. The maximum Gasteiger partial charge on any atom is 0.152 e. The van der Waals surface area contributed by atoms with E-state index in [4.69, 9.17) is 11.6 Å². The van der Waals surface area contributed by atoms with Gasteiger partial charge in [-0.3, -0.25) is 9.48 Å². The van der Waals surface area contributed by atoms with Gasteiger partial charge in [0.1, 0.15) is 0 Å². The zero-order valence-corrected chi connectivity index (χ0v) is 12.8. The highest BCUT2D eigenvalue weighted by atomic mass is 35.5. The SMILES string of the molecule is CCc1nn(C)c(Cn2ccc3cccc(C=O)c32)c1Cl. The maximum absolute atomic E-state index is 11.3. The molecular weight excluding hydrogens is 286 g/mol. The summed E-state index contributed by atoms with van der Waals surface area (Å²) in [4.78, 5) is 11.3. The van der Waals surface area contributed by atoms with Gasteiger partial charge in [0.2, 0.25) is 0 Å². The average Bonchev–Trinajstić information content (AvgIpc) is 3.03. The Morgan fingerprint density at radius 3 is 2.81 bits per heavy atom. The van der Waals surface area contributed by atoms with Crippen LogP contribution in [-0.4, -0.2) is 20.6 Å². The normalized spacial score (nSPS) is 11.2. The standard InChI is InChI=1S/C16H16ClN3O/c1-3-13-15(17)14(19(2)18-13)9-20-8-7-11-5-4-6-12(10-21)16(11)20/h4-8,10H,3,9H2,1-2H3. The fraction of sp³-hybridized carbons (Fsp3) is 0.250. The molecule has 0 aliphatic heterocycles. The quantitative estimate of drug-likeness (QED) is 0.692. The van der Waals surface area contributed by atoms with E-state index in [1.807, 2.05) is 53.7 Å². The molecule has 0 fully saturated rings. The van der Waals surface area contributed by atoms with Crippen molar-refractivity contribution in [1.29, 1.82) is 0 Å². The number of rotatable bonds is 4. The highest BCUT2D eigenvalue weighted by Gasteiger charge is 2.15. The van der Waals surface area contributed by atoms with Crippen LogP contribution in [-0.2, 0) is 20.0 Å². The summed E-state index contributed by atoms with van der Waals surface area (Å²) in [6.07, 6.45) is 3.67. The van der Waals surface area contributed by atoms with Crippen LogP contribution in [0.2, 0.25) is 5.02 Å². The number of aryl methyl sites for hydroxylation is 2. The van der Waals surface area contributed by atoms with Gasteiger partial charge in [-0.2, -0.15) is 5.10 Å². The van der Waals surface area contributed by atoms with Gasteiger partial charge in [0.25, 0.3) is 0 Å². The summed E-state index contributed by atoms with van der Waals surface area (Å²) in [5, 5.41) is 6.20. The molecule has 0 amide bonds. The van der Waals surface area contributed by atoms with Crippen molar-refractivity contribution in [2.24, 2.45) is 7.05 Å². The Kier molecular flexibility index (Phi) is 3.55. The van der Waals surface area contributed by atoms with Gasteiger partial charge in [0.15, 0.2) is 6.29 Å². The Bertz CT molecular complexity index is 816. The Morgan fingerprint density at radius 1 is 1.33 bits per heavy atom. The lowest BCUT2D eigenvalue weighted by Gasteiger charge is -2.08. The Morgan fingerprint density at radius 2 is 2.14 bits per heavy atom. The summed E-state index contributed by atoms with van der Waals surface area (Å²) in [5.74, 6) is 0. The van der Waals surface area contributed by atoms with Crippen LogP contribution in [0.5, 0.6) is 0 Å². The van der Waals surface area contributed by atoms with Gasteiger partial charge in [-0.15, -0.1) is 0 Å². The molecule has 3 rings (SSSR count). The third kappa shape index (κ3) is 2.25. The topological polar surface area (TPSA) is 39.8 Å². The molecule has 0 bridgehead atoms. The van der Waals surface area contributed by atoms with Gasteiger partial charge >= 0.3 is 0 Å². The van der Waals surface area contributed by atoms with Crippen LogP contribution < -0.4 is 0 Å². The second-order valence-electron chi connectivity index (χ2n) is 5.03. The van der Waals surface area contributed by atoms with Crippen molar-refractivity contribution in [2.75, 3.05) is 0 Å². The average molecular weight is 302 g/mol. The van der Waals surface area contributed by atoms with Crippen molar-refractivity contribution in [1.82, 2.24) is 14.3 Å². The monoisotopic (exact) mass is 301 g/mol. The Balaban J connectivity index is 2.11. The van der Waals surface area contributed by atoms with E-state index in [2.05, 4.69) is 5.10 Å². The summed E-state index contributed by atoms with van der Waals surface area (Å²) in [5.41, 5.74) is 3.47. The van der Waals surface area contributed by atoms with E-state index in [-0.39, 0.29) is 0 Å². The van der Waals surface area contributed by atoms with Crippen LogP contribution in [0.15, 0.2) is 30.5 Å². The van der Waals surface area contributed by atoms with Crippen molar-refractivity contribution >= 4 is 28.8 Å². The molecule has 21 heavy (non-hydrogen) atoms. The summed E-state index contributed by atoms with van der Waals surface area (Å²) in [6, 6.07) is 7.73. The molecule has 0 unspecified atom stereocenters. The number of carbonyl (C=O) groups excluding carboxylic acids is 1. The zero-order chi connectivity index (χ0) is 15.0. The molecule has 0 atom stereocenters. The first kappa shape index (κ1) is 13.9. The van der Waals surface area contributed by atoms with Crippen LogP contribution in [0.1, 0.15) is 28.7 Å².